The lowest BCUT2D eigenvalue weighted by Crippen LogP contribution is -2.39. The van der Waals surface area contributed by atoms with E-state index >= 15 is 0 Å². The highest BCUT2D eigenvalue weighted by Gasteiger charge is 2.51. The number of nitrogens with zero attached hydrogens (tertiary/aromatic N) is 2. The first-order chi connectivity index (χ1) is 11.2. The van der Waals surface area contributed by atoms with Crippen LogP contribution in [0.25, 0.3) is 0 Å². The van der Waals surface area contributed by atoms with Crippen molar-refractivity contribution in [2.75, 3.05) is 25.7 Å². The number of thioether (sulfide) groups is 1. The molecule has 0 saturated heterocycles. The van der Waals surface area contributed by atoms with Gasteiger partial charge < -0.3 is 14.2 Å². The Labute approximate surface area is 153 Å². The smallest absolute Gasteiger partial charge is 0.342 e. The molecule has 0 bridgehead atoms. The third-order valence-electron chi connectivity index (χ3n) is 3.99. The van der Waals surface area contributed by atoms with Gasteiger partial charge in [-0.3, -0.25) is 4.57 Å². The lowest BCUT2D eigenvalue weighted by atomic mass is 9.87. The SMILES string of the molecule is CCOP(=O)(OCC)[C@H](c1cc(SC)n(SC)n1)[C@](C)(O)C(C)C. The molecule has 0 saturated carbocycles. The maximum absolute atomic E-state index is 13.5. The van der Waals surface area contributed by atoms with Crippen molar-refractivity contribution in [2.24, 2.45) is 5.92 Å². The summed E-state index contributed by atoms with van der Waals surface area (Å²) in [6.45, 7) is 9.44. The first kappa shape index (κ1) is 22.1. The molecule has 0 aliphatic rings. The summed E-state index contributed by atoms with van der Waals surface area (Å²) in [7, 11) is -3.60. The van der Waals surface area contributed by atoms with Gasteiger partial charge in [-0.15, -0.1) is 11.8 Å². The third-order valence-corrected chi connectivity index (χ3v) is 8.09. The Hall–Kier alpha value is 0.0200. The fourth-order valence-corrected chi connectivity index (χ4v) is 6.18. The Morgan fingerprint density at radius 1 is 1.33 bits per heavy atom. The molecule has 1 N–H and O–H groups in total. The van der Waals surface area contributed by atoms with E-state index in [1.807, 2.05) is 32.4 Å². The fraction of sp³-hybridized carbons (Fsp3) is 0.800. The van der Waals surface area contributed by atoms with E-state index in [2.05, 4.69) is 5.10 Å². The predicted molar refractivity (Wildman–Crippen MR) is 102 cm³/mol. The predicted octanol–water partition coefficient (Wildman–Crippen LogP) is 4.45. The van der Waals surface area contributed by atoms with Crippen LogP contribution >= 0.6 is 31.3 Å². The van der Waals surface area contributed by atoms with Crippen LogP contribution in [0.3, 0.4) is 0 Å². The number of aromatic nitrogens is 2. The second-order valence-electron chi connectivity index (χ2n) is 5.83. The molecule has 0 unspecified atom stereocenters. The molecule has 6 nitrogen and oxygen atoms in total. The zero-order chi connectivity index (χ0) is 18.5. The van der Waals surface area contributed by atoms with Crippen molar-refractivity contribution in [3.63, 3.8) is 0 Å². The van der Waals surface area contributed by atoms with Crippen LogP contribution in [-0.2, 0) is 13.6 Å². The minimum atomic E-state index is -3.60. The second-order valence-corrected chi connectivity index (χ2v) is 9.48. The summed E-state index contributed by atoms with van der Waals surface area (Å²) in [5.41, 5.74) is -1.63. The van der Waals surface area contributed by atoms with Crippen LogP contribution in [0.2, 0.25) is 0 Å². The standard InChI is InChI=1S/C15H29N2O4PS2/c1-8-20-22(19,21-9-2)14(15(5,18)11(3)4)12-10-13(23-6)17(16-12)24-7/h10-11,14,18H,8-9H2,1-7H3/t14-,15-/m1/s1. The van der Waals surface area contributed by atoms with Crippen LogP contribution in [-0.4, -0.2) is 45.6 Å². The molecule has 0 aliphatic heterocycles. The number of rotatable bonds is 10. The van der Waals surface area contributed by atoms with E-state index in [1.165, 1.54) is 11.9 Å². The molecule has 24 heavy (non-hydrogen) atoms. The van der Waals surface area contributed by atoms with E-state index in [-0.39, 0.29) is 19.1 Å². The topological polar surface area (TPSA) is 73.6 Å². The van der Waals surface area contributed by atoms with Gasteiger partial charge in [0.2, 0.25) is 0 Å². The molecule has 0 amide bonds. The molecule has 9 heteroatoms. The van der Waals surface area contributed by atoms with E-state index in [1.54, 1.807) is 36.6 Å². The minimum absolute atomic E-state index is 0.158. The number of hydrogen-bond acceptors (Lipinski definition) is 7. The first-order valence-corrected chi connectivity index (χ1v) is 12.0. The molecular formula is C15H29N2O4PS2. The van der Waals surface area contributed by atoms with E-state index in [9.17, 15) is 9.67 Å². The second kappa shape index (κ2) is 9.10. The molecule has 1 heterocycles. The molecule has 1 aromatic rings. The number of aliphatic hydroxyl groups is 1. The van der Waals surface area contributed by atoms with Gasteiger partial charge in [0.1, 0.15) is 10.7 Å². The summed E-state index contributed by atoms with van der Waals surface area (Å²) in [5, 5.41) is 16.6. The average Bonchev–Trinajstić information content (AvgIpc) is 2.89. The van der Waals surface area contributed by atoms with E-state index in [0.717, 1.165) is 5.03 Å². The zero-order valence-electron chi connectivity index (χ0n) is 15.5. The highest BCUT2D eigenvalue weighted by molar-refractivity contribution is 8.00. The summed E-state index contributed by atoms with van der Waals surface area (Å²) in [5.74, 6) is -0.158. The van der Waals surface area contributed by atoms with Gasteiger partial charge in [-0.2, -0.15) is 5.10 Å². The molecule has 0 spiro atoms. The van der Waals surface area contributed by atoms with Gasteiger partial charge in [0.25, 0.3) is 0 Å². The summed E-state index contributed by atoms with van der Waals surface area (Å²) in [4.78, 5) is 0. The Bertz CT molecular complexity index is 546. The normalized spacial score (nSPS) is 16.4. The van der Waals surface area contributed by atoms with Crippen LogP contribution in [0.1, 0.15) is 46.0 Å². The first-order valence-electron chi connectivity index (χ1n) is 7.97. The Morgan fingerprint density at radius 3 is 2.21 bits per heavy atom. The molecule has 0 aliphatic carbocycles. The molecule has 0 fully saturated rings. The summed E-state index contributed by atoms with van der Waals surface area (Å²) < 4.78 is 26.4. The quantitative estimate of drug-likeness (QED) is 0.463. The lowest BCUT2D eigenvalue weighted by molar-refractivity contribution is -0.00215. The van der Waals surface area contributed by atoms with Crippen molar-refractivity contribution in [2.45, 2.75) is 50.9 Å². The summed E-state index contributed by atoms with van der Waals surface area (Å²) in [6.07, 6.45) is 3.87. The minimum Gasteiger partial charge on any atom is -0.389 e. The van der Waals surface area contributed by atoms with Crippen LogP contribution < -0.4 is 0 Å². The highest BCUT2D eigenvalue weighted by atomic mass is 32.2. The molecular weight excluding hydrogens is 367 g/mol. The van der Waals surface area contributed by atoms with Gasteiger partial charge in [0, 0.05) is 6.26 Å². The maximum Gasteiger partial charge on any atom is 0.342 e. The summed E-state index contributed by atoms with van der Waals surface area (Å²) in [6, 6.07) is 1.85. The van der Waals surface area contributed by atoms with Crippen molar-refractivity contribution in [1.82, 2.24) is 9.19 Å². The fourth-order valence-electron chi connectivity index (χ4n) is 2.41. The van der Waals surface area contributed by atoms with Crippen LogP contribution in [0.15, 0.2) is 11.1 Å². The molecule has 0 radical (unpaired) electrons. The molecule has 140 valence electrons. The van der Waals surface area contributed by atoms with Crippen LogP contribution in [0.5, 0.6) is 0 Å². The van der Waals surface area contributed by atoms with Crippen molar-refractivity contribution in [1.29, 1.82) is 0 Å². The monoisotopic (exact) mass is 396 g/mol. The van der Waals surface area contributed by atoms with Gasteiger partial charge in [0.15, 0.2) is 0 Å². The largest absolute Gasteiger partial charge is 0.389 e. The van der Waals surface area contributed by atoms with E-state index in [0.29, 0.717) is 5.69 Å². The van der Waals surface area contributed by atoms with E-state index in [4.69, 9.17) is 9.05 Å². The van der Waals surface area contributed by atoms with E-state index < -0.39 is 18.9 Å². The van der Waals surface area contributed by atoms with Crippen molar-refractivity contribution < 1.29 is 18.7 Å². The van der Waals surface area contributed by atoms with Crippen LogP contribution in [0.4, 0.5) is 0 Å². The van der Waals surface area contributed by atoms with Gasteiger partial charge in [-0.1, -0.05) is 13.8 Å². The van der Waals surface area contributed by atoms with Gasteiger partial charge in [-0.25, -0.2) is 4.09 Å². The molecule has 2 atom stereocenters. The van der Waals surface area contributed by atoms with Gasteiger partial charge in [-0.05, 0) is 51.0 Å². The van der Waals surface area contributed by atoms with Gasteiger partial charge in [0.05, 0.1) is 24.5 Å². The van der Waals surface area contributed by atoms with Gasteiger partial charge >= 0.3 is 7.60 Å². The molecule has 0 aromatic carbocycles. The Morgan fingerprint density at radius 2 is 1.88 bits per heavy atom. The highest BCUT2D eigenvalue weighted by Crippen LogP contribution is 2.65. The number of hydrogen-bond donors (Lipinski definition) is 1. The Kier molecular flexibility index (Phi) is 8.37. The Balaban J connectivity index is 3.54. The van der Waals surface area contributed by atoms with Crippen LogP contribution in [0, 0.1) is 5.92 Å². The summed E-state index contributed by atoms with van der Waals surface area (Å²) >= 11 is 2.99. The molecule has 1 rings (SSSR count). The lowest BCUT2D eigenvalue weighted by Gasteiger charge is -2.38. The third kappa shape index (κ3) is 4.59. The average molecular weight is 397 g/mol. The molecule has 1 aromatic heterocycles. The zero-order valence-corrected chi connectivity index (χ0v) is 18.0. The van der Waals surface area contributed by atoms with Crippen molar-refractivity contribution >= 4 is 31.3 Å². The van der Waals surface area contributed by atoms with Crippen molar-refractivity contribution in [3.05, 3.63) is 11.8 Å². The van der Waals surface area contributed by atoms with Crippen molar-refractivity contribution in [3.8, 4) is 0 Å². The maximum atomic E-state index is 13.5.